The lowest BCUT2D eigenvalue weighted by molar-refractivity contribution is 0.102. The molecule has 25 heavy (non-hydrogen) atoms. The van der Waals surface area contributed by atoms with E-state index in [1.54, 1.807) is 12.1 Å². The van der Waals surface area contributed by atoms with E-state index >= 15 is 0 Å². The SMILES string of the molecule is CCCOc1c(Cl)cc(C(=O)Nc2ccc3ccccc3c2)cc1Cl. The molecule has 0 radical (unpaired) electrons. The lowest BCUT2D eigenvalue weighted by Gasteiger charge is -2.12. The van der Waals surface area contributed by atoms with Gasteiger partial charge in [-0.1, -0.05) is 60.5 Å². The molecule has 0 aromatic heterocycles. The quantitative estimate of drug-likeness (QED) is 0.578. The molecule has 0 spiro atoms. The highest BCUT2D eigenvalue weighted by Crippen LogP contribution is 2.34. The van der Waals surface area contributed by atoms with E-state index in [2.05, 4.69) is 5.32 Å². The molecule has 0 bridgehead atoms. The number of nitrogens with one attached hydrogen (secondary N) is 1. The number of hydrogen-bond acceptors (Lipinski definition) is 2. The molecule has 0 aliphatic rings. The van der Waals surface area contributed by atoms with E-state index in [0.717, 1.165) is 17.2 Å². The Bertz CT molecular complexity index is 901. The largest absolute Gasteiger partial charge is 0.490 e. The van der Waals surface area contributed by atoms with Gasteiger partial charge in [-0.3, -0.25) is 4.79 Å². The molecule has 0 aliphatic carbocycles. The standard InChI is InChI=1S/C20H17Cl2NO2/c1-2-9-25-19-17(21)11-15(12-18(19)22)20(24)23-16-8-7-13-5-3-4-6-14(13)10-16/h3-8,10-12H,2,9H2,1H3,(H,23,24). The van der Waals surface area contributed by atoms with Crippen LogP contribution in [0.3, 0.4) is 0 Å². The zero-order valence-corrected chi connectivity index (χ0v) is 15.2. The third-order valence-corrected chi connectivity index (χ3v) is 4.28. The van der Waals surface area contributed by atoms with Crippen molar-refractivity contribution in [1.29, 1.82) is 0 Å². The van der Waals surface area contributed by atoms with E-state index in [1.807, 2.05) is 49.4 Å². The number of rotatable bonds is 5. The summed E-state index contributed by atoms with van der Waals surface area (Å²) in [5.74, 6) is 0.133. The summed E-state index contributed by atoms with van der Waals surface area (Å²) < 4.78 is 5.52. The Labute approximate surface area is 156 Å². The predicted molar refractivity (Wildman–Crippen MR) is 104 cm³/mol. The smallest absolute Gasteiger partial charge is 0.255 e. The monoisotopic (exact) mass is 373 g/mol. The first-order valence-electron chi connectivity index (χ1n) is 8.00. The van der Waals surface area contributed by atoms with Crippen LogP contribution in [0, 0.1) is 0 Å². The van der Waals surface area contributed by atoms with Crippen LogP contribution in [-0.2, 0) is 0 Å². The van der Waals surface area contributed by atoms with Crippen molar-refractivity contribution in [2.24, 2.45) is 0 Å². The molecule has 3 aromatic carbocycles. The van der Waals surface area contributed by atoms with E-state index in [-0.39, 0.29) is 5.91 Å². The molecule has 0 fully saturated rings. The second-order valence-corrected chi connectivity index (χ2v) is 6.45. The Morgan fingerprint density at radius 2 is 1.68 bits per heavy atom. The zero-order valence-electron chi connectivity index (χ0n) is 13.7. The number of fused-ring (bicyclic) bond motifs is 1. The number of anilines is 1. The van der Waals surface area contributed by atoms with Gasteiger partial charge >= 0.3 is 0 Å². The van der Waals surface area contributed by atoms with Crippen molar-refractivity contribution in [2.75, 3.05) is 11.9 Å². The summed E-state index contributed by atoms with van der Waals surface area (Å²) in [6, 6.07) is 16.8. The predicted octanol–water partition coefficient (Wildman–Crippen LogP) is 6.19. The number of benzene rings is 3. The number of carbonyl (C=O) groups excluding carboxylic acids is 1. The summed E-state index contributed by atoms with van der Waals surface area (Å²) in [4.78, 5) is 12.5. The van der Waals surface area contributed by atoms with Gasteiger partial charge in [0.05, 0.1) is 16.7 Å². The number of hydrogen-bond donors (Lipinski definition) is 1. The van der Waals surface area contributed by atoms with Gasteiger partial charge < -0.3 is 10.1 Å². The molecule has 1 N–H and O–H groups in total. The molecular weight excluding hydrogens is 357 g/mol. The van der Waals surface area contributed by atoms with Crippen LogP contribution < -0.4 is 10.1 Å². The van der Waals surface area contributed by atoms with Gasteiger partial charge in [-0.15, -0.1) is 0 Å². The van der Waals surface area contributed by atoms with Crippen molar-refractivity contribution >= 4 is 45.6 Å². The number of halogens is 2. The Kier molecular flexibility index (Phi) is 5.47. The summed E-state index contributed by atoms with van der Waals surface area (Å²) in [5, 5.41) is 5.69. The average molecular weight is 374 g/mol. The second-order valence-electron chi connectivity index (χ2n) is 5.63. The highest BCUT2D eigenvalue weighted by atomic mass is 35.5. The van der Waals surface area contributed by atoms with Crippen molar-refractivity contribution < 1.29 is 9.53 Å². The van der Waals surface area contributed by atoms with E-state index in [0.29, 0.717) is 33.7 Å². The van der Waals surface area contributed by atoms with Gasteiger partial charge in [0.25, 0.3) is 5.91 Å². The van der Waals surface area contributed by atoms with Crippen LogP contribution in [0.25, 0.3) is 10.8 Å². The fraction of sp³-hybridized carbons (Fsp3) is 0.150. The molecule has 3 nitrogen and oxygen atoms in total. The molecule has 5 heteroatoms. The minimum Gasteiger partial charge on any atom is -0.490 e. The maximum absolute atomic E-state index is 12.5. The van der Waals surface area contributed by atoms with Crippen LogP contribution in [0.2, 0.25) is 10.0 Å². The summed E-state index contributed by atoms with van der Waals surface area (Å²) >= 11 is 12.4. The molecule has 0 heterocycles. The summed E-state index contributed by atoms with van der Waals surface area (Å²) in [6.07, 6.45) is 0.844. The minimum absolute atomic E-state index is 0.277. The molecule has 0 unspecified atom stereocenters. The van der Waals surface area contributed by atoms with E-state index < -0.39 is 0 Å². The number of amides is 1. The lowest BCUT2D eigenvalue weighted by Crippen LogP contribution is -2.12. The fourth-order valence-corrected chi connectivity index (χ4v) is 3.10. The molecular formula is C20H17Cl2NO2. The van der Waals surface area contributed by atoms with Crippen molar-refractivity contribution in [3.05, 3.63) is 70.2 Å². The molecule has 0 saturated heterocycles. The molecule has 3 rings (SSSR count). The van der Waals surface area contributed by atoms with Crippen molar-refractivity contribution in [2.45, 2.75) is 13.3 Å². The van der Waals surface area contributed by atoms with Crippen LogP contribution in [0.4, 0.5) is 5.69 Å². The first-order chi connectivity index (χ1) is 12.1. The topological polar surface area (TPSA) is 38.3 Å². The van der Waals surface area contributed by atoms with Gasteiger partial charge in [0, 0.05) is 11.3 Å². The highest BCUT2D eigenvalue weighted by molar-refractivity contribution is 6.37. The molecule has 1 amide bonds. The van der Waals surface area contributed by atoms with Crippen LogP contribution in [0.15, 0.2) is 54.6 Å². The van der Waals surface area contributed by atoms with Gasteiger partial charge in [0.1, 0.15) is 0 Å². The Hall–Kier alpha value is -2.23. The Morgan fingerprint density at radius 3 is 2.36 bits per heavy atom. The number of ether oxygens (including phenoxy) is 1. The van der Waals surface area contributed by atoms with Crippen LogP contribution in [-0.4, -0.2) is 12.5 Å². The molecule has 3 aromatic rings. The maximum Gasteiger partial charge on any atom is 0.255 e. The maximum atomic E-state index is 12.5. The van der Waals surface area contributed by atoms with Gasteiger partial charge in [-0.25, -0.2) is 0 Å². The first kappa shape index (κ1) is 17.6. The van der Waals surface area contributed by atoms with Crippen molar-refractivity contribution in [3.63, 3.8) is 0 Å². The van der Waals surface area contributed by atoms with E-state index in [1.165, 1.54) is 0 Å². The fourth-order valence-electron chi connectivity index (χ4n) is 2.50. The van der Waals surface area contributed by atoms with E-state index in [4.69, 9.17) is 27.9 Å². The normalized spacial score (nSPS) is 10.7. The van der Waals surface area contributed by atoms with Crippen LogP contribution in [0.5, 0.6) is 5.75 Å². The van der Waals surface area contributed by atoms with Crippen LogP contribution in [0.1, 0.15) is 23.7 Å². The minimum atomic E-state index is -0.277. The Morgan fingerprint density at radius 1 is 1.00 bits per heavy atom. The van der Waals surface area contributed by atoms with Gasteiger partial charge in [0.2, 0.25) is 0 Å². The Balaban J connectivity index is 1.82. The third kappa shape index (κ3) is 4.06. The summed E-state index contributed by atoms with van der Waals surface area (Å²) in [6.45, 7) is 2.51. The summed E-state index contributed by atoms with van der Waals surface area (Å²) in [7, 11) is 0. The van der Waals surface area contributed by atoms with Gasteiger partial charge in [0.15, 0.2) is 5.75 Å². The van der Waals surface area contributed by atoms with Crippen molar-refractivity contribution in [3.8, 4) is 5.75 Å². The number of carbonyl (C=O) groups is 1. The average Bonchev–Trinajstić information content (AvgIpc) is 2.61. The summed E-state index contributed by atoms with van der Waals surface area (Å²) in [5.41, 5.74) is 1.09. The molecule has 0 atom stereocenters. The lowest BCUT2D eigenvalue weighted by atomic mass is 10.1. The highest BCUT2D eigenvalue weighted by Gasteiger charge is 2.14. The van der Waals surface area contributed by atoms with E-state index in [9.17, 15) is 4.79 Å². The molecule has 0 aliphatic heterocycles. The third-order valence-electron chi connectivity index (χ3n) is 3.72. The van der Waals surface area contributed by atoms with Crippen molar-refractivity contribution in [1.82, 2.24) is 0 Å². The zero-order chi connectivity index (χ0) is 17.8. The first-order valence-corrected chi connectivity index (χ1v) is 8.76. The van der Waals surface area contributed by atoms with Crippen LogP contribution >= 0.6 is 23.2 Å². The van der Waals surface area contributed by atoms with Gasteiger partial charge in [-0.05, 0) is 41.5 Å². The molecule has 128 valence electrons. The molecule has 0 saturated carbocycles. The van der Waals surface area contributed by atoms with Gasteiger partial charge in [-0.2, -0.15) is 0 Å². The second kappa shape index (κ2) is 7.77.